The van der Waals surface area contributed by atoms with Gasteiger partial charge in [0.05, 0.1) is 22.8 Å². The lowest BCUT2D eigenvalue weighted by Gasteiger charge is -2.08. The number of amides is 1. The zero-order chi connectivity index (χ0) is 16.9. The molecule has 0 fully saturated rings. The lowest BCUT2D eigenvalue weighted by atomic mass is 10.2. The van der Waals surface area contributed by atoms with Crippen molar-refractivity contribution in [3.05, 3.63) is 70.5 Å². The predicted octanol–water partition coefficient (Wildman–Crippen LogP) is 1.92. The second-order valence-corrected chi connectivity index (χ2v) is 5.56. The van der Waals surface area contributed by atoms with Crippen molar-refractivity contribution in [3.8, 4) is 0 Å². The van der Waals surface area contributed by atoms with E-state index >= 15 is 0 Å². The van der Waals surface area contributed by atoms with Crippen LogP contribution in [-0.2, 0) is 6.54 Å². The van der Waals surface area contributed by atoms with Crippen LogP contribution in [0.2, 0.25) is 0 Å². The van der Waals surface area contributed by atoms with E-state index in [1.54, 1.807) is 35.3 Å². The molecule has 0 bridgehead atoms. The maximum Gasteiger partial charge on any atom is 0.261 e. The monoisotopic (exact) mass is 322 g/mol. The molecule has 1 amide bonds. The largest absolute Gasteiger partial charge is 0.352 e. The molecule has 0 saturated heterocycles. The van der Waals surface area contributed by atoms with Gasteiger partial charge < -0.3 is 5.32 Å². The van der Waals surface area contributed by atoms with Crippen molar-refractivity contribution < 1.29 is 4.79 Å². The van der Waals surface area contributed by atoms with E-state index in [0.717, 1.165) is 5.69 Å². The molecule has 0 aliphatic rings. The zero-order valence-electron chi connectivity index (χ0n) is 13.4. The van der Waals surface area contributed by atoms with Crippen LogP contribution in [0.5, 0.6) is 0 Å². The summed E-state index contributed by atoms with van der Waals surface area (Å²) in [4.78, 5) is 32.7. The van der Waals surface area contributed by atoms with Crippen LogP contribution >= 0.6 is 0 Å². The molecule has 1 N–H and O–H groups in total. The molecule has 0 aliphatic carbocycles. The van der Waals surface area contributed by atoms with Gasteiger partial charge in [0.2, 0.25) is 0 Å². The van der Waals surface area contributed by atoms with E-state index in [0.29, 0.717) is 36.0 Å². The minimum absolute atomic E-state index is 0.0605. The maximum absolute atomic E-state index is 12.3. The Morgan fingerprint density at radius 3 is 2.79 bits per heavy atom. The number of para-hydroxylation sites is 1. The fourth-order valence-electron chi connectivity index (χ4n) is 2.42. The van der Waals surface area contributed by atoms with E-state index in [2.05, 4.69) is 15.3 Å². The number of pyridine rings is 1. The molecule has 6 nitrogen and oxygen atoms in total. The normalized spacial score (nSPS) is 10.7. The topological polar surface area (TPSA) is 76.9 Å². The summed E-state index contributed by atoms with van der Waals surface area (Å²) >= 11 is 0. The number of hydrogen-bond acceptors (Lipinski definition) is 4. The van der Waals surface area contributed by atoms with Crippen molar-refractivity contribution in [2.24, 2.45) is 0 Å². The van der Waals surface area contributed by atoms with Gasteiger partial charge in [0.25, 0.3) is 11.5 Å². The number of carbonyl (C=O) groups excluding carboxylic acids is 1. The number of hydrogen-bond donors (Lipinski definition) is 1. The van der Waals surface area contributed by atoms with E-state index in [9.17, 15) is 9.59 Å². The third-order valence-electron chi connectivity index (χ3n) is 3.77. The molecule has 0 saturated carbocycles. The first-order valence-electron chi connectivity index (χ1n) is 7.80. The van der Waals surface area contributed by atoms with Crippen LogP contribution in [0.25, 0.3) is 10.9 Å². The van der Waals surface area contributed by atoms with Crippen molar-refractivity contribution in [1.82, 2.24) is 19.9 Å². The van der Waals surface area contributed by atoms with Gasteiger partial charge in [-0.3, -0.25) is 19.1 Å². The third-order valence-corrected chi connectivity index (χ3v) is 3.77. The summed E-state index contributed by atoms with van der Waals surface area (Å²) in [6.07, 6.45) is 3.75. The van der Waals surface area contributed by atoms with Gasteiger partial charge in [-0.05, 0) is 37.6 Å². The van der Waals surface area contributed by atoms with E-state index in [4.69, 9.17) is 0 Å². The van der Waals surface area contributed by atoms with E-state index in [1.807, 2.05) is 25.1 Å². The first kappa shape index (κ1) is 15.9. The smallest absolute Gasteiger partial charge is 0.261 e. The fraction of sp³-hybridized carbons (Fsp3) is 0.222. The molecule has 2 heterocycles. The third kappa shape index (κ3) is 3.48. The number of benzene rings is 1. The predicted molar refractivity (Wildman–Crippen MR) is 91.9 cm³/mol. The highest BCUT2D eigenvalue weighted by Crippen LogP contribution is 2.04. The summed E-state index contributed by atoms with van der Waals surface area (Å²) in [7, 11) is 0. The molecular formula is C18H18N4O2. The maximum atomic E-state index is 12.3. The second-order valence-electron chi connectivity index (χ2n) is 5.56. The molecule has 3 aromatic rings. The average Bonchev–Trinajstić information content (AvgIpc) is 2.61. The molecule has 2 aromatic heterocycles. The molecule has 0 atom stereocenters. The van der Waals surface area contributed by atoms with Gasteiger partial charge in [0, 0.05) is 25.0 Å². The van der Waals surface area contributed by atoms with Crippen molar-refractivity contribution in [2.45, 2.75) is 19.9 Å². The fourth-order valence-corrected chi connectivity index (χ4v) is 2.42. The molecule has 0 aliphatic heterocycles. The lowest BCUT2D eigenvalue weighted by Crippen LogP contribution is -2.27. The first-order valence-corrected chi connectivity index (χ1v) is 7.80. The lowest BCUT2D eigenvalue weighted by molar-refractivity contribution is 0.0952. The van der Waals surface area contributed by atoms with Gasteiger partial charge in [0.1, 0.15) is 0 Å². The molecule has 6 heteroatoms. The molecule has 3 rings (SSSR count). The Balaban J connectivity index is 1.57. The molecule has 1 aromatic carbocycles. The van der Waals surface area contributed by atoms with Crippen molar-refractivity contribution in [1.29, 1.82) is 0 Å². The minimum atomic E-state index is -0.161. The SMILES string of the molecule is Cc1ccc(C(=O)NCCCn2cnc3ccccc3c2=O)cn1. The van der Waals surface area contributed by atoms with Crippen molar-refractivity contribution >= 4 is 16.8 Å². The Morgan fingerprint density at radius 1 is 1.17 bits per heavy atom. The van der Waals surface area contributed by atoms with Crippen LogP contribution in [0.4, 0.5) is 0 Å². The second kappa shape index (κ2) is 7.04. The number of aromatic nitrogens is 3. The highest BCUT2D eigenvalue weighted by molar-refractivity contribution is 5.93. The van der Waals surface area contributed by atoms with Crippen LogP contribution in [0, 0.1) is 6.92 Å². The Morgan fingerprint density at radius 2 is 2.00 bits per heavy atom. The summed E-state index contributed by atoms with van der Waals surface area (Å²) in [6.45, 7) is 2.85. The average molecular weight is 322 g/mol. The Kier molecular flexibility index (Phi) is 4.65. The molecular weight excluding hydrogens is 304 g/mol. The number of fused-ring (bicyclic) bond motifs is 1. The molecule has 24 heavy (non-hydrogen) atoms. The van der Waals surface area contributed by atoms with Crippen LogP contribution in [0.3, 0.4) is 0 Å². The number of carbonyl (C=O) groups is 1. The zero-order valence-corrected chi connectivity index (χ0v) is 13.4. The quantitative estimate of drug-likeness (QED) is 0.728. The molecule has 0 spiro atoms. The van der Waals surface area contributed by atoms with E-state index in [1.165, 1.54) is 0 Å². The number of aryl methyl sites for hydroxylation is 2. The first-order chi connectivity index (χ1) is 11.6. The Labute approximate surface area is 139 Å². The summed E-state index contributed by atoms with van der Waals surface area (Å²) < 4.78 is 1.57. The van der Waals surface area contributed by atoms with Gasteiger partial charge in [-0.2, -0.15) is 0 Å². The van der Waals surface area contributed by atoms with Gasteiger partial charge in [-0.1, -0.05) is 12.1 Å². The van der Waals surface area contributed by atoms with E-state index in [-0.39, 0.29) is 11.5 Å². The van der Waals surface area contributed by atoms with E-state index < -0.39 is 0 Å². The number of nitrogens with zero attached hydrogens (tertiary/aromatic N) is 3. The standard InChI is InChI=1S/C18H18N4O2/c1-13-7-8-14(11-20-13)17(23)19-9-4-10-22-12-21-16-6-3-2-5-15(16)18(22)24/h2-3,5-8,11-12H,4,9-10H2,1H3,(H,19,23). The van der Waals surface area contributed by atoms with Gasteiger partial charge in [0.15, 0.2) is 0 Å². The van der Waals surface area contributed by atoms with Crippen molar-refractivity contribution in [2.75, 3.05) is 6.54 Å². The summed E-state index contributed by atoms with van der Waals surface area (Å²) in [5.74, 6) is -0.161. The van der Waals surface area contributed by atoms with Crippen molar-refractivity contribution in [3.63, 3.8) is 0 Å². The van der Waals surface area contributed by atoms with Gasteiger partial charge in [-0.15, -0.1) is 0 Å². The van der Waals surface area contributed by atoms with Gasteiger partial charge in [-0.25, -0.2) is 4.98 Å². The highest BCUT2D eigenvalue weighted by atomic mass is 16.1. The van der Waals surface area contributed by atoms with Crippen LogP contribution in [0.15, 0.2) is 53.7 Å². The Hall–Kier alpha value is -3.02. The summed E-state index contributed by atoms with van der Waals surface area (Å²) in [6, 6.07) is 10.8. The van der Waals surface area contributed by atoms with Gasteiger partial charge >= 0.3 is 0 Å². The van der Waals surface area contributed by atoms with Crippen LogP contribution < -0.4 is 10.9 Å². The highest BCUT2D eigenvalue weighted by Gasteiger charge is 2.06. The van der Waals surface area contributed by atoms with Crippen LogP contribution in [-0.4, -0.2) is 27.0 Å². The number of rotatable bonds is 5. The number of nitrogens with one attached hydrogen (secondary N) is 1. The van der Waals surface area contributed by atoms with Crippen LogP contribution in [0.1, 0.15) is 22.5 Å². The summed E-state index contributed by atoms with van der Waals surface area (Å²) in [5, 5.41) is 3.44. The minimum Gasteiger partial charge on any atom is -0.352 e. The molecule has 0 radical (unpaired) electrons. The molecule has 122 valence electrons. The summed E-state index contributed by atoms with van der Waals surface area (Å²) in [5.41, 5.74) is 2.04. The molecule has 0 unspecified atom stereocenters. The Bertz CT molecular complexity index is 916.